The Balaban J connectivity index is 1.86. The van der Waals surface area contributed by atoms with Gasteiger partial charge in [-0.1, -0.05) is 43.5 Å². The van der Waals surface area contributed by atoms with Gasteiger partial charge in [0.2, 0.25) is 0 Å². The highest BCUT2D eigenvalue weighted by atomic mass is 15.1. The van der Waals surface area contributed by atoms with Gasteiger partial charge in [0.05, 0.1) is 0 Å². The Hall–Kier alpha value is -0.860. The molecule has 110 valence electrons. The molecule has 1 atom stereocenters. The number of likely N-dealkylation sites (tertiary alicyclic amines) is 1. The molecule has 0 radical (unpaired) electrons. The van der Waals surface area contributed by atoms with Gasteiger partial charge in [0.15, 0.2) is 0 Å². The van der Waals surface area contributed by atoms with Crippen molar-refractivity contribution in [2.24, 2.45) is 5.73 Å². The summed E-state index contributed by atoms with van der Waals surface area (Å²) < 4.78 is 0. The van der Waals surface area contributed by atoms with Crippen LogP contribution in [0, 0.1) is 0 Å². The van der Waals surface area contributed by atoms with Gasteiger partial charge in [0, 0.05) is 18.5 Å². The molecular formula is C18H28N2. The van der Waals surface area contributed by atoms with E-state index in [1.54, 1.807) is 0 Å². The number of hydrogen-bond acceptors (Lipinski definition) is 2. The van der Waals surface area contributed by atoms with Gasteiger partial charge < -0.3 is 10.6 Å². The van der Waals surface area contributed by atoms with E-state index < -0.39 is 0 Å². The Labute approximate surface area is 123 Å². The molecule has 2 nitrogen and oxygen atoms in total. The fourth-order valence-electron chi connectivity index (χ4n) is 4.17. The zero-order valence-corrected chi connectivity index (χ0v) is 12.8. The van der Waals surface area contributed by atoms with Crippen molar-refractivity contribution < 1.29 is 0 Å². The van der Waals surface area contributed by atoms with Crippen LogP contribution in [0.1, 0.15) is 55.6 Å². The lowest BCUT2D eigenvalue weighted by Crippen LogP contribution is -2.37. The summed E-state index contributed by atoms with van der Waals surface area (Å²) in [4.78, 5) is 2.44. The summed E-state index contributed by atoms with van der Waals surface area (Å²) in [7, 11) is 2.23. The number of likely N-dealkylation sites (N-methyl/N-ethyl adjacent to an activating group) is 1. The molecule has 2 fully saturated rings. The third-order valence-corrected chi connectivity index (χ3v) is 5.56. The van der Waals surface area contributed by atoms with E-state index in [4.69, 9.17) is 5.73 Å². The number of rotatable bonds is 3. The van der Waals surface area contributed by atoms with Crippen LogP contribution in [0.15, 0.2) is 24.3 Å². The maximum absolute atomic E-state index is 6.19. The van der Waals surface area contributed by atoms with Gasteiger partial charge in [0.1, 0.15) is 0 Å². The normalized spacial score (nSPS) is 26.8. The summed E-state index contributed by atoms with van der Waals surface area (Å²) in [5.41, 5.74) is 9.49. The smallest absolute Gasteiger partial charge is 0.00756 e. The third kappa shape index (κ3) is 2.64. The first-order valence-electron chi connectivity index (χ1n) is 8.23. The predicted molar refractivity (Wildman–Crippen MR) is 85.1 cm³/mol. The van der Waals surface area contributed by atoms with E-state index in [1.807, 2.05) is 0 Å². The second-order valence-electron chi connectivity index (χ2n) is 6.92. The minimum absolute atomic E-state index is 0.263. The van der Waals surface area contributed by atoms with Crippen molar-refractivity contribution in [1.29, 1.82) is 0 Å². The van der Waals surface area contributed by atoms with Gasteiger partial charge in [-0.25, -0.2) is 0 Å². The fraction of sp³-hybridized carbons (Fsp3) is 0.667. The largest absolute Gasteiger partial charge is 0.330 e. The predicted octanol–water partition coefficient (Wildman–Crippen LogP) is 3.27. The quantitative estimate of drug-likeness (QED) is 0.915. The number of hydrogen-bond donors (Lipinski definition) is 1. The highest BCUT2D eigenvalue weighted by Gasteiger charge is 2.33. The standard InChI is InChI=1S/C18H28N2/c1-20-11-8-16(13-20)15-6-5-7-17(12-15)18(14-19)9-3-2-4-10-18/h5-7,12,16H,2-4,8-11,13-14,19H2,1H3. The lowest BCUT2D eigenvalue weighted by molar-refractivity contribution is 0.300. The number of nitrogens with zero attached hydrogens (tertiary/aromatic N) is 1. The van der Waals surface area contributed by atoms with Crippen molar-refractivity contribution in [1.82, 2.24) is 4.90 Å². The van der Waals surface area contributed by atoms with Crippen LogP contribution >= 0.6 is 0 Å². The number of nitrogens with two attached hydrogens (primary N) is 1. The first-order chi connectivity index (χ1) is 9.73. The van der Waals surface area contributed by atoms with Crippen molar-refractivity contribution in [2.45, 2.75) is 49.9 Å². The summed E-state index contributed by atoms with van der Waals surface area (Å²) in [6.07, 6.45) is 7.92. The zero-order valence-electron chi connectivity index (χ0n) is 12.8. The Bertz CT molecular complexity index is 448. The lowest BCUT2D eigenvalue weighted by atomic mass is 9.69. The van der Waals surface area contributed by atoms with E-state index in [2.05, 4.69) is 36.2 Å². The summed E-state index contributed by atoms with van der Waals surface area (Å²) in [5.74, 6) is 0.721. The summed E-state index contributed by atoms with van der Waals surface area (Å²) >= 11 is 0. The van der Waals surface area contributed by atoms with Crippen molar-refractivity contribution >= 4 is 0 Å². The second kappa shape index (κ2) is 5.87. The maximum atomic E-state index is 6.19. The van der Waals surface area contributed by atoms with Gasteiger partial charge in [0.25, 0.3) is 0 Å². The van der Waals surface area contributed by atoms with Crippen LogP contribution in [0.5, 0.6) is 0 Å². The zero-order chi connectivity index (χ0) is 14.0. The molecular weight excluding hydrogens is 244 g/mol. The van der Waals surface area contributed by atoms with E-state index in [0.717, 1.165) is 12.5 Å². The van der Waals surface area contributed by atoms with Gasteiger partial charge in [-0.3, -0.25) is 0 Å². The van der Waals surface area contributed by atoms with Crippen molar-refractivity contribution in [3.63, 3.8) is 0 Å². The molecule has 2 heteroatoms. The van der Waals surface area contributed by atoms with E-state index in [9.17, 15) is 0 Å². The fourth-order valence-corrected chi connectivity index (χ4v) is 4.17. The van der Waals surface area contributed by atoms with Crippen LogP contribution in [0.4, 0.5) is 0 Å². The van der Waals surface area contributed by atoms with E-state index >= 15 is 0 Å². The Morgan fingerprint density at radius 3 is 2.70 bits per heavy atom. The van der Waals surface area contributed by atoms with E-state index in [0.29, 0.717) is 0 Å². The molecule has 1 aromatic rings. The molecule has 1 unspecified atom stereocenters. The first kappa shape index (κ1) is 14.1. The molecule has 1 aliphatic heterocycles. The highest BCUT2D eigenvalue weighted by Crippen LogP contribution is 2.40. The van der Waals surface area contributed by atoms with Crippen LogP contribution in [-0.2, 0) is 5.41 Å². The molecule has 20 heavy (non-hydrogen) atoms. The van der Waals surface area contributed by atoms with Gasteiger partial charge >= 0.3 is 0 Å². The van der Waals surface area contributed by atoms with Crippen LogP contribution in [0.2, 0.25) is 0 Å². The van der Waals surface area contributed by atoms with Crippen LogP contribution in [-0.4, -0.2) is 31.6 Å². The molecule has 0 amide bonds. The van der Waals surface area contributed by atoms with Crippen LogP contribution < -0.4 is 5.73 Å². The van der Waals surface area contributed by atoms with Gasteiger partial charge in [-0.05, 0) is 49.9 Å². The average molecular weight is 272 g/mol. The molecule has 0 aromatic heterocycles. The van der Waals surface area contributed by atoms with E-state index in [1.165, 1.54) is 62.7 Å². The Morgan fingerprint density at radius 1 is 1.25 bits per heavy atom. The highest BCUT2D eigenvalue weighted by molar-refractivity contribution is 5.33. The van der Waals surface area contributed by atoms with Crippen LogP contribution in [0.3, 0.4) is 0 Å². The molecule has 3 rings (SSSR count). The topological polar surface area (TPSA) is 29.3 Å². The number of benzene rings is 1. The molecule has 1 saturated heterocycles. The summed E-state index contributed by atoms with van der Waals surface area (Å²) in [6, 6.07) is 9.37. The molecule has 1 aromatic carbocycles. The molecule has 0 bridgehead atoms. The van der Waals surface area contributed by atoms with Crippen molar-refractivity contribution in [3.05, 3.63) is 35.4 Å². The minimum Gasteiger partial charge on any atom is -0.330 e. The van der Waals surface area contributed by atoms with Gasteiger partial charge in [-0.2, -0.15) is 0 Å². The van der Waals surface area contributed by atoms with Crippen molar-refractivity contribution in [2.75, 3.05) is 26.7 Å². The van der Waals surface area contributed by atoms with Crippen molar-refractivity contribution in [3.8, 4) is 0 Å². The third-order valence-electron chi connectivity index (χ3n) is 5.56. The maximum Gasteiger partial charge on any atom is 0.00756 e. The Kier molecular flexibility index (Phi) is 4.13. The summed E-state index contributed by atoms with van der Waals surface area (Å²) in [6.45, 7) is 3.25. The second-order valence-corrected chi connectivity index (χ2v) is 6.92. The SMILES string of the molecule is CN1CCC(c2cccc(C3(CN)CCCCC3)c2)C1. The average Bonchev–Trinajstić information content (AvgIpc) is 2.95. The monoisotopic (exact) mass is 272 g/mol. The first-order valence-corrected chi connectivity index (χ1v) is 8.23. The lowest BCUT2D eigenvalue weighted by Gasteiger charge is -2.37. The molecule has 2 N–H and O–H groups in total. The van der Waals surface area contributed by atoms with E-state index in [-0.39, 0.29) is 5.41 Å². The molecule has 2 aliphatic rings. The Morgan fingerprint density at radius 2 is 2.05 bits per heavy atom. The van der Waals surface area contributed by atoms with Crippen LogP contribution in [0.25, 0.3) is 0 Å². The summed E-state index contributed by atoms with van der Waals surface area (Å²) in [5, 5.41) is 0. The molecule has 1 aliphatic carbocycles. The molecule has 1 heterocycles. The van der Waals surface area contributed by atoms with Gasteiger partial charge in [-0.15, -0.1) is 0 Å². The minimum atomic E-state index is 0.263. The molecule has 1 saturated carbocycles. The molecule has 0 spiro atoms.